The molecule has 4 nitrogen and oxygen atoms in total. The van der Waals surface area contributed by atoms with Crippen molar-refractivity contribution in [1.82, 2.24) is 10.3 Å². The van der Waals surface area contributed by atoms with Crippen LogP contribution in [0.4, 0.5) is 0 Å². The van der Waals surface area contributed by atoms with Gasteiger partial charge >= 0.3 is 0 Å². The van der Waals surface area contributed by atoms with E-state index in [-0.39, 0.29) is 17.9 Å². The third-order valence-electron chi connectivity index (χ3n) is 4.53. The molecule has 2 aromatic rings. The highest BCUT2D eigenvalue weighted by Crippen LogP contribution is 2.25. The molecule has 4 heteroatoms. The topological polar surface area (TPSA) is 65.1 Å². The van der Waals surface area contributed by atoms with Crippen molar-refractivity contribution < 1.29 is 9.90 Å². The summed E-state index contributed by atoms with van der Waals surface area (Å²) < 4.78 is 0. The number of aromatic nitrogens is 1. The SMILES string of the molecule is Cc1cccc2[nH]cc(CC(=O)NC[C@@H]3CCC[C@H]3O)c12. The van der Waals surface area contributed by atoms with Crippen molar-refractivity contribution in [3.8, 4) is 0 Å². The molecular formula is C17H22N2O2. The Kier molecular flexibility index (Phi) is 3.97. The van der Waals surface area contributed by atoms with Crippen molar-refractivity contribution >= 4 is 16.8 Å². The number of aromatic amines is 1. The minimum absolute atomic E-state index is 0.0262. The van der Waals surface area contributed by atoms with Gasteiger partial charge in [-0.05, 0) is 37.0 Å². The van der Waals surface area contributed by atoms with Gasteiger partial charge in [0.15, 0.2) is 0 Å². The zero-order valence-electron chi connectivity index (χ0n) is 12.4. The quantitative estimate of drug-likeness (QED) is 0.807. The van der Waals surface area contributed by atoms with Crippen LogP contribution in [0.2, 0.25) is 0 Å². The molecule has 2 atom stereocenters. The third-order valence-corrected chi connectivity index (χ3v) is 4.53. The van der Waals surface area contributed by atoms with Crippen LogP contribution in [0.5, 0.6) is 0 Å². The maximum absolute atomic E-state index is 12.1. The molecule has 1 heterocycles. The Morgan fingerprint density at radius 1 is 1.43 bits per heavy atom. The fraction of sp³-hybridized carbons (Fsp3) is 0.471. The summed E-state index contributed by atoms with van der Waals surface area (Å²) in [5.41, 5.74) is 3.29. The van der Waals surface area contributed by atoms with E-state index in [1.165, 1.54) is 5.56 Å². The first-order valence-electron chi connectivity index (χ1n) is 7.65. The van der Waals surface area contributed by atoms with E-state index in [1.54, 1.807) is 0 Å². The number of benzene rings is 1. The lowest BCUT2D eigenvalue weighted by Gasteiger charge is -2.15. The Morgan fingerprint density at radius 2 is 2.29 bits per heavy atom. The van der Waals surface area contributed by atoms with Crippen LogP contribution >= 0.6 is 0 Å². The molecule has 3 rings (SSSR count). The lowest BCUT2D eigenvalue weighted by atomic mass is 10.0. The molecule has 3 N–H and O–H groups in total. The van der Waals surface area contributed by atoms with Gasteiger partial charge in [0.1, 0.15) is 0 Å². The number of rotatable bonds is 4. The van der Waals surface area contributed by atoms with Crippen molar-refractivity contribution in [3.05, 3.63) is 35.5 Å². The maximum Gasteiger partial charge on any atom is 0.224 e. The first-order chi connectivity index (χ1) is 10.1. The van der Waals surface area contributed by atoms with Crippen molar-refractivity contribution in [1.29, 1.82) is 0 Å². The van der Waals surface area contributed by atoms with Crippen molar-refractivity contribution in [3.63, 3.8) is 0 Å². The number of aliphatic hydroxyl groups is 1. The Balaban J connectivity index is 1.64. The molecule has 1 aliphatic rings. The van der Waals surface area contributed by atoms with Gasteiger partial charge in [-0.2, -0.15) is 0 Å². The minimum atomic E-state index is -0.249. The summed E-state index contributed by atoms with van der Waals surface area (Å²) in [7, 11) is 0. The summed E-state index contributed by atoms with van der Waals surface area (Å²) in [5.74, 6) is 0.247. The zero-order valence-corrected chi connectivity index (χ0v) is 12.4. The summed E-state index contributed by atoms with van der Waals surface area (Å²) >= 11 is 0. The average molecular weight is 286 g/mol. The molecule has 0 saturated heterocycles. The van der Waals surface area contributed by atoms with Gasteiger partial charge in [-0.3, -0.25) is 4.79 Å². The molecule has 112 valence electrons. The minimum Gasteiger partial charge on any atom is -0.393 e. The van der Waals surface area contributed by atoms with E-state index < -0.39 is 0 Å². The Morgan fingerprint density at radius 3 is 3.05 bits per heavy atom. The normalized spacial score (nSPS) is 21.8. The highest BCUT2D eigenvalue weighted by atomic mass is 16.3. The fourth-order valence-corrected chi connectivity index (χ4v) is 3.33. The van der Waals surface area contributed by atoms with Crippen LogP contribution in [0.25, 0.3) is 10.9 Å². The standard InChI is InChI=1S/C17H22N2O2/c1-11-4-2-6-14-17(11)13(10-18-14)8-16(21)19-9-12-5-3-7-15(12)20/h2,4,6,10,12,15,18,20H,3,5,7-9H2,1H3,(H,19,21)/t12-,15+/m0/s1. The molecule has 1 aliphatic carbocycles. The monoisotopic (exact) mass is 286 g/mol. The summed E-state index contributed by atoms with van der Waals surface area (Å²) in [4.78, 5) is 15.3. The Hall–Kier alpha value is -1.81. The lowest BCUT2D eigenvalue weighted by Crippen LogP contribution is -2.33. The van der Waals surface area contributed by atoms with Crippen LogP contribution in [0, 0.1) is 12.8 Å². The lowest BCUT2D eigenvalue weighted by molar-refractivity contribution is -0.120. The van der Waals surface area contributed by atoms with E-state index in [1.807, 2.05) is 18.3 Å². The van der Waals surface area contributed by atoms with Crippen LogP contribution in [-0.4, -0.2) is 28.6 Å². The average Bonchev–Trinajstić information content (AvgIpc) is 3.04. The number of carbonyl (C=O) groups excluding carboxylic acids is 1. The highest BCUT2D eigenvalue weighted by molar-refractivity contribution is 5.91. The molecule has 0 spiro atoms. The molecule has 0 aliphatic heterocycles. The van der Waals surface area contributed by atoms with Crippen LogP contribution in [0.3, 0.4) is 0 Å². The van der Waals surface area contributed by atoms with Gasteiger partial charge in [-0.15, -0.1) is 0 Å². The van der Waals surface area contributed by atoms with E-state index in [0.717, 1.165) is 35.7 Å². The van der Waals surface area contributed by atoms with Crippen molar-refractivity contribution in [2.45, 2.75) is 38.7 Å². The number of hydrogen-bond donors (Lipinski definition) is 3. The largest absolute Gasteiger partial charge is 0.393 e. The van der Waals surface area contributed by atoms with Crippen molar-refractivity contribution in [2.75, 3.05) is 6.54 Å². The number of H-pyrrole nitrogens is 1. The van der Waals surface area contributed by atoms with Gasteiger partial charge in [0.2, 0.25) is 5.91 Å². The molecule has 0 radical (unpaired) electrons. The predicted octanol–water partition coefficient (Wildman–Crippen LogP) is 2.30. The smallest absolute Gasteiger partial charge is 0.224 e. The van der Waals surface area contributed by atoms with Gasteiger partial charge in [0, 0.05) is 29.6 Å². The molecule has 1 amide bonds. The molecular weight excluding hydrogens is 264 g/mol. The van der Waals surface area contributed by atoms with Crippen LogP contribution in [0.15, 0.2) is 24.4 Å². The molecule has 0 unspecified atom stereocenters. The van der Waals surface area contributed by atoms with E-state index >= 15 is 0 Å². The first-order valence-corrected chi connectivity index (χ1v) is 7.65. The summed E-state index contributed by atoms with van der Waals surface area (Å²) in [6.07, 6.45) is 4.98. The number of nitrogens with one attached hydrogen (secondary N) is 2. The van der Waals surface area contributed by atoms with Gasteiger partial charge in [0.05, 0.1) is 12.5 Å². The van der Waals surface area contributed by atoms with E-state index in [2.05, 4.69) is 23.3 Å². The summed E-state index contributed by atoms with van der Waals surface area (Å²) in [6.45, 7) is 2.65. The Bertz CT molecular complexity index is 647. The van der Waals surface area contributed by atoms with E-state index in [0.29, 0.717) is 13.0 Å². The number of carbonyl (C=O) groups is 1. The number of aliphatic hydroxyl groups excluding tert-OH is 1. The van der Waals surface area contributed by atoms with E-state index in [9.17, 15) is 9.90 Å². The van der Waals surface area contributed by atoms with Gasteiger partial charge in [-0.1, -0.05) is 18.6 Å². The number of aryl methyl sites for hydroxylation is 1. The molecule has 1 aromatic heterocycles. The summed E-state index contributed by atoms with van der Waals surface area (Å²) in [6, 6.07) is 6.10. The van der Waals surface area contributed by atoms with Crippen LogP contribution < -0.4 is 5.32 Å². The molecule has 1 fully saturated rings. The first kappa shape index (κ1) is 14.1. The molecule has 0 bridgehead atoms. The fourth-order valence-electron chi connectivity index (χ4n) is 3.33. The van der Waals surface area contributed by atoms with Crippen LogP contribution in [-0.2, 0) is 11.2 Å². The number of hydrogen-bond acceptors (Lipinski definition) is 2. The Labute approximate surface area is 124 Å². The second kappa shape index (κ2) is 5.90. The van der Waals surface area contributed by atoms with Crippen molar-refractivity contribution in [2.24, 2.45) is 5.92 Å². The zero-order chi connectivity index (χ0) is 14.8. The molecule has 1 saturated carbocycles. The second-order valence-electron chi connectivity index (χ2n) is 6.05. The maximum atomic E-state index is 12.1. The number of fused-ring (bicyclic) bond motifs is 1. The number of amides is 1. The van der Waals surface area contributed by atoms with Gasteiger partial charge in [0.25, 0.3) is 0 Å². The molecule has 21 heavy (non-hydrogen) atoms. The third kappa shape index (κ3) is 2.95. The van der Waals surface area contributed by atoms with E-state index in [4.69, 9.17) is 0 Å². The second-order valence-corrected chi connectivity index (χ2v) is 6.05. The molecule has 1 aromatic carbocycles. The highest BCUT2D eigenvalue weighted by Gasteiger charge is 2.25. The predicted molar refractivity (Wildman–Crippen MR) is 83.1 cm³/mol. The van der Waals surface area contributed by atoms with Gasteiger partial charge in [-0.25, -0.2) is 0 Å². The van der Waals surface area contributed by atoms with Crippen LogP contribution in [0.1, 0.15) is 30.4 Å². The van der Waals surface area contributed by atoms with Gasteiger partial charge < -0.3 is 15.4 Å². The summed E-state index contributed by atoms with van der Waals surface area (Å²) in [5, 5.41) is 13.9.